The van der Waals surface area contributed by atoms with E-state index < -0.39 is 5.31 Å². The molecule has 6 heavy (non-hydrogen) atoms. The van der Waals surface area contributed by atoms with E-state index in [1.54, 1.807) is 0 Å². The molecule has 0 fully saturated rings. The molecule has 0 aliphatic heterocycles. The zero-order valence-electron chi connectivity index (χ0n) is 2.37. The molecular formula is Cl4FeSi. The third-order valence-electron chi connectivity index (χ3n) is 0. The minimum Gasteiger partial charge on any atom is -0.110 e. The third kappa shape index (κ3) is 39.3. The first-order valence-electron chi connectivity index (χ1n) is 0.756. The van der Waals surface area contributed by atoms with Crippen LogP contribution >= 0.6 is 44.3 Å². The summed E-state index contributed by atoms with van der Waals surface area (Å²) in [5, 5.41) is -2.72. The molecule has 0 saturated carbocycles. The van der Waals surface area contributed by atoms with Gasteiger partial charge >= 0.3 is 5.31 Å². The molecule has 0 aliphatic rings. The van der Waals surface area contributed by atoms with Crippen LogP contribution < -0.4 is 0 Å². The Hall–Kier alpha value is 1.90. The third-order valence-corrected chi connectivity index (χ3v) is 0. The largest absolute Gasteiger partial charge is 0.440 e. The molecule has 0 heterocycles. The number of halogens is 4. The van der Waals surface area contributed by atoms with E-state index in [1.165, 1.54) is 0 Å². The molecule has 0 N–H and O–H groups in total. The summed E-state index contributed by atoms with van der Waals surface area (Å²) in [4.78, 5) is 0. The minimum atomic E-state index is -2.72. The molecule has 0 aromatic heterocycles. The standard InChI is InChI=1S/Cl4Si.Fe/c1-5(2,3)4;. The Kier molecular flexibility index (Phi) is 6.92. The number of hydrogen-bond donors (Lipinski definition) is 0. The molecule has 0 atom stereocenters. The van der Waals surface area contributed by atoms with Crippen molar-refractivity contribution in [3.05, 3.63) is 0 Å². The summed E-state index contributed by atoms with van der Waals surface area (Å²) in [6, 6.07) is 0. The van der Waals surface area contributed by atoms with Gasteiger partial charge in [-0.3, -0.25) is 0 Å². The Morgan fingerprint density at radius 1 is 0.833 bits per heavy atom. The van der Waals surface area contributed by atoms with E-state index in [4.69, 9.17) is 44.3 Å². The first kappa shape index (κ1) is 10.8. The van der Waals surface area contributed by atoms with Crippen LogP contribution in [0, 0.1) is 0 Å². The molecule has 0 amide bonds. The van der Waals surface area contributed by atoms with E-state index in [-0.39, 0.29) is 17.1 Å². The molecule has 0 radical (unpaired) electrons. The normalized spacial score (nSPS) is 10.0. The van der Waals surface area contributed by atoms with Gasteiger partial charge in [0, 0.05) is 17.1 Å². The van der Waals surface area contributed by atoms with Gasteiger partial charge in [0.25, 0.3) is 0 Å². The van der Waals surface area contributed by atoms with Crippen LogP contribution in [-0.2, 0) is 17.1 Å². The Balaban J connectivity index is 0. The molecular weight excluding hydrogens is 226 g/mol. The summed E-state index contributed by atoms with van der Waals surface area (Å²) < 4.78 is 0. The first-order chi connectivity index (χ1) is 2.00. The van der Waals surface area contributed by atoms with Crippen LogP contribution in [-0.4, -0.2) is 5.31 Å². The fourth-order valence-corrected chi connectivity index (χ4v) is 0. The van der Waals surface area contributed by atoms with Gasteiger partial charge in [0.1, 0.15) is 0 Å². The van der Waals surface area contributed by atoms with Gasteiger partial charge < -0.3 is 0 Å². The summed E-state index contributed by atoms with van der Waals surface area (Å²) in [5.41, 5.74) is 0. The van der Waals surface area contributed by atoms with E-state index in [0.717, 1.165) is 0 Å². The van der Waals surface area contributed by atoms with Gasteiger partial charge in [-0.15, -0.1) is 44.3 Å². The van der Waals surface area contributed by atoms with Gasteiger partial charge in [-0.25, -0.2) is 0 Å². The fraction of sp³-hybridized carbons (Fsp3) is 0. The molecule has 0 aromatic rings. The zero-order valence-corrected chi connectivity index (χ0v) is 7.49. The average Bonchev–Trinajstić information content (AvgIpc) is 0.722. The maximum absolute atomic E-state index is 4.97. The smallest absolute Gasteiger partial charge is 0.110 e. The van der Waals surface area contributed by atoms with Gasteiger partial charge in [0.15, 0.2) is 0 Å². The monoisotopic (exact) mass is 224 g/mol. The second kappa shape index (κ2) is 3.85. The summed E-state index contributed by atoms with van der Waals surface area (Å²) >= 11 is 19.9. The maximum atomic E-state index is 4.97. The Bertz CT molecular complexity index is 23.0. The van der Waals surface area contributed by atoms with E-state index in [9.17, 15) is 0 Å². The molecule has 40 valence electrons. The Morgan fingerprint density at radius 2 is 0.833 bits per heavy atom. The van der Waals surface area contributed by atoms with E-state index >= 15 is 0 Å². The van der Waals surface area contributed by atoms with Crippen molar-refractivity contribution in [3.8, 4) is 0 Å². The van der Waals surface area contributed by atoms with E-state index in [1.807, 2.05) is 0 Å². The predicted octanol–water partition coefficient (Wildman–Crippen LogP) is 2.37. The van der Waals surface area contributed by atoms with Gasteiger partial charge in [-0.05, 0) is 0 Å². The second-order valence-electron chi connectivity index (χ2n) is 0.429. The first-order valence-corrected chi connectivity index (χ1v) is 6.80. The van der Waals surface area contributed by atoms with Crippen molar-refractivity contribution in [2.75, 3.05) is 0 Å². The zero-order chi connectivity index (χ0) is 4.50. The average molecular weight is 226 g/mol. The number of hydrogen-bond acceptors (Lipinski definition) is 0. The summed E-state index contributed by atoms with van der Waals surface area (Å²) in [6.07, 6.45) is 0. The van der Waals surface area contributed by atoms with Crippen LogP contribution in [0.2, 0.25) is 0 Å². The van der Waals surface area contributed by atoms with Gasteiger partial charge in [0.2, 0.25) is 0 Å². The van der Waals surface area contributed by atoms with Crippen molar-refractivity contribution >= 4 is 49.6 Å². The van der Waals surface area contributed by atoms with Crippen LogP contribution in [0.25, 0.3) is 0 Å². The summed E-state index contributed by atoms with van der Waals surface area (Å²) in [7, 11) is 0. The van der Waals surface area contributed by atoms with Crippen LogP contribution in [0.15, 0.2) is 0 Å². The molecule has 6 heteroatoms. The molecule has 0 bridgehead atoms. The summed E-state index contributed by atoms with van der Waals surface area (Å²) in [5.74, 6) is 0. The van der Waals surface area contributed by atoms with Crippen LogP contribution in [0.1, 0.15) is 0 Å². The molecule has 0 aromatic carbocycles. The minimum absolute atomic E-state index is 0. The topological polar surface area (TPSA) is 0 Å². The fourth-order valence-electron chi connectivity index (χ4n) is 0. The summed E-state index contributed by atoms with van der Waals surface area (Å²) in [6.45, 7) is 0. The van der Waals surface area contributed by atoms with Crippen molar-refractivity contribution in [3.63, 3.8) is 0 Å². The van der Waals surface area contributed by atoms with E-state index in [0.29, 0.717) is 0 Å². The molecule has 0 saturated heterocycles. The quantitative estimate of drug-likeness (QED) is 0.439. The van der Waals surface area contributed by atoms with Gasteiger partial charge in [0.05, 0.1) is 0 Å². The Morgan fingerprint density at radius 3 is 0.833 bits per heavy atom. The SMILES string of the molecule is Cl[Si](Cl)(Cl)Cl.[Fe]. The van der Waals surface area contributed by atoms with Crippen molar-refractivity contribution < 1.29 is 17.1 Å². The van der Waals surface area contributed by atoms with Gasteiger partial charge in [-0.1, -0.05) is 0 Å². The van der Waals surface area contributed by atoms with Crippen molar-refractivity contribution in [1.82, 2.24) is 0 Å². The molecule has 0 rings (SSSR count). The maximum Gasteiger partial charge on any atom is 0.440 e. The predicted molar refractivity (Wildman–Crippen MR) is 29.2 cm³/mol. The Labute approximate surface area is 66.4 Å². The van der Waals surface area contributed by atoms with Crippen molar-refractivity contribution in [1.29, 1.82) is 0 Å². The van der Waals surface area contributed by atoms with E-state index in [2.05, 4.69) is 0 Å². The molecule has 0 unspecified atom stereocenters. The van der Waals surface area contributed by atoms with Crippen LogP contribution in [0.4, 0.5) is 0 Å². The molecule has 0 spiro atoms. The second-order valence-corrected chi connectivity index (χ2v) is 11.6. The van der Waals surface area contributed by atoms with Crippen LogP contribution in [0.3, 0.4) is 0 Å². The molecule has 0 aliphatic carbocycles. The van der Waals surface area contributed by atoms with Crippen molar-refractivity contribution in [2.45, 2.75) is 0 Å². The van der Waals surface area contributed by atoms with Gasteiger partial charge in [-0.2, -0.15) is 0 Å². The van der Waals surface area contributed by atoms with Crippen molar-refractivity contribution in [2.24, 2.45) is 0 Å². The molecule has 0 nitrogen and oxygen atoms in total. The van der Waals surface area contributed by atoms with Crippen LogP contribution in [0.5, 0.6) is 0 Å². The number of rotatable bonds is 0.